The summed E-state index contributed by atoms with van der Waals surface area (Å²) in [5, 5.41) is 13.8. The number of piperidine rings is 1. The Bertz CT molecular complexity index is 446. The predicted molar refractivity (Wildman–Crippen MR) is 92.9 cm³/mol. The van der Waals surface area contributed by atoms with Gasteiger partial charge in [0.25, 0.3) is 0 Å². The Morgan fingerprint density at radius 2 is 1.95 bits per heavy atom. The largest absolute Gasteiger partial charge is 0.387 e. The number of rotatable bonds is 7. The van der Waals surface area contributed by atoms with Crippen molar-refractivity contribution in [3.63, 3.8) is 0 Å². The second kappa shape index (κ2) is 9.09. The SMILES string of the molecule is CC(C)=CCNCC1CCN(CC(O)c2ccccc2)CC1. The van der Waals surface area contributed by atoms with Crippen LogP contribution in [0.25, 0.3) is 0 Å². The average molecular weight is 302 g/mol. The molecule has 122 valence electrons. The van der Waals surface area contributed by atoms with Crippen LogP contribution in [0.4, 0.5) is 0 Å². The van der Waals surface area contributed by atoms with Crippen LogP contribution in [0.5, 0.6) is 0 Å². The highest BCUT2D eigenvalue weighted by atomic mass is 16.3. The third kappa shape index (κ3) is 5.91. The van der Waals surface area contributed by atoms with Gasteiger partial charge in [-0.2, -0.15) is 0 Å². The number of β-amino-alcohol motifs (C(OH)–C–C–N with tert-alkyl or cyclic N) is 1. The van der Waals surface area contributed by atoms with E-state index in [9.17, 15) is 5.11 Å². The molecule has 1 aromatic rings. The smallest absolute Gasteiger partial charge is 0.0916 e. The van der Waals surface area contributed by atoms with Crippen molar-refractivity contribution in [1.29, 1.82) is 0 Å². The van der Waals surface area contributed by atoms with Gasteiger partial charge in [-0.15, -0.1) is 0 Å². The molecule has 1 unspecified atom stereocenters. The minimum Gasteiger partial charge on any atom is -0.387 e. The second-order valence-electron chi connectivity index (χ2n) is 6.61. The predicted octanol–water partition coefficient (Wildman–Crippen LogP) is 2.99. The van der Waals surface area contributed by atoms with Crippen LogP contribution in [-0.2, 0) is 0 Å². The minimum absolute atomic E-state index is 0.367. The molecule has 1 heterocycles. The fourth-order valence-electron chi connectivity index (χ4n) is 2.96. The van der Waals surface area contributed by atoms with Crippen LogP contribution < -0.4 is 5.32 Å². The van der Waals surface area contributed by atoms with Crippen LogP contribution in [0.2, 0.25) is 0 Å². The molecule has 2 N–H and O–H groups in total. The Hall–Kier alpha value is -1.16. The lowest BCUT2D eigenvalue weighted by Crippen LogP contribution is -2.39. The van der Waals surface area contributed by atoms with Crippen molar-refractivity contribution < 1.29 is 5.11 Å². The molecule has 1 aliphatic rings. The molecule has 2 rings (SSSR count). The number of aliphatic hydroxyl groups excluding tert-OH is 1. The molecule has 1 atom stereocenters. The molecule has 0 saturated carbocycles. The van der Waals surface area contributed by atoms with Gasteiger partial charge in [-0.05, 0) is 57.8 Å². The molecule has 1 aromatic carbocycles. The molecule has 0 amide bonds. The van der Waals surface area contributed by atoms with Gasteiger partial charge in [-0.1, -0.05) is 42.0 Å². The third-order valence-electron chi connectivity index (χ3n) is 4.41. The molecule has 0 aromatic heterocycles. The van der Waals surface area contributed by atoms with Crippen LogP contribution in [0.15, 0.2) is 42.0 Å². The highest BCUT2D eigenvalue weighted by Gasteiger charge is 2.21. The van der Waals surface area contributed by atoms with Gasteiger partial charge in [0.1, 0.15) is 0 Å². The highest BCUT2D eigenvalue weighted by molar-refractivity contribution is 5.17. The zero-order valence-corrected chi connectivity index (χ0v) is 14.0. The maximum Gasteiger partial charge on any atom is 0.0916 e. The van der Waals surface area contributed by atoms with E-state index in [4.69, 9.17) is 0 Å². The Morgan fingerprint density at radius 1 is 1.27 bits per heavy atom. The summed E-state index contributed by atoms with van der Waals surface area (Å²) in [5.41, 5.74) is 2.39. The topological polar surface area (TPSA) is 35.5 Å². The number of hydrogen-bond acceptors (Lipinski definition) is 3. The summed E-state index contributed by atoms with van der Waals surface area (Å²) in [4.78, 5) is 2.39. The normalized spacial score (nSPS) is 18.1. The van der Waals surface area contributed by atoms with Gasteiger partial charge in [-0.3, -0.25) is 0 Å². The van der Waals surface area contributed by atoms with E-state index < -0.39 is 0 Å². The Balaban J connectivity index is 1.66. The van der Waals surface area contributed by atoms with Crippen molar-refractivity contribution in [3.05, 3.63) is 47.5 Å². The summed E-state index contributed by atoms with van der Waals surface area (Å²) in [6, 6.07) is 9.98. The summed E-state index contributed by atoms with van der Waals surface area (Å²) in [6.45, 7) is 9.31. The van der Waals surface area contributed by atoms with Crippen LogP contribution in [0.1, 0.15) is 38.4 Å². The zero-order valence-electron chi connectivity index (χ0n) is 14.0. The number of aliphatic hydroxyl groups is 1. The van der Waals surface area contributed by atoms with Gasteiger partial charge in [0, 0.05) is 13.1 Å². The fraction of sp³-hybridized carbons (Fsp3) is 0.579. The molecule has 0 bridgehead atoms. The average Bonchev–Trinajstić information content (AvgIpc) is 2.54. The van der Waals surface area contributed by atoms with Crippen LogP contribution in [-0.4, -0.2) is 42.7 Å². The highest BCUT2D eigenvalue weighted by Crippen LogP contribution is 2.20. The first-order valence-electron chi connectivity index (χ1n) is 8.44. The fourth-order valence-corrected chi connectivity index (χ4v) is 2.96. The first-order chi connectivity index (χ1) is 10.6. The molecular weight excluding hydrogens is 272 g/mol. The molecule has 3 nitrogen and oxygen atoms in total. The zero-order chi connectivity index (χ0) is 15.8. The van der Waals surface area contributed by atoms with E-state index >= 15 is 0 Å². The summed E-state index contributed by atoms with van der Waals surface area (Å²) in [6.07, 6.45) is 4.33. The Kier molecular flexibility index (Phi) is 7.10. The number of likely N-dealkylation sites (tertiary alicyclic amines) is 1. The standard InChI is InChI=1S/C19H30N2O/c1-16(2)8-11-20-14-17-9-12-21(13-10-17)15-19(22)18-6-4-3-5-7-18/h3-8,17,19-20,22H,9-15H2,1-2H3. The van der Waals surface area contributed by atoms with Crippen molar-refractivity contribution in [2.45, 2.75) is 32.8 Å². The lowest BCUT2D eigenvalue weighted by molar-refractivity contribution is 0.0893. The van der Waals surface area contributed by atoms with Gasteiger partial charge < -0.3 is 15.3 Å². The minimum atomic E-state index is -0.367. The summed E-state index contributed by atoms with van der Waals surface area (Å²) in [7, 11) is 0. The molecule has 3 heteroatoms. The van der Waals surface area contributed by atoms with E-state index in [2.05, 4.69) is 30.1 Å². The van der Waals surface area contributed by atoms with Crippen molar-refractivity contribution in [2.24, 2.45) is 5.92 Å². The first kappa shape index (κ1) is 17.2. The maximum atomic E-state index is 10.3. The van der Waals surface area contributed by atoms with Gasteiger partial charge in [0.05, 0.1) is 6.10 Å². The first-order valence-corrected chi connectivity index (χ1v) is 8.44. The van der Waals surface area contributed by atoms with Gasteiger partial charge in [0.2, 0.25) is 0 Å². The Morgan fingerprint density at radius 3 is 2.59 bits per heavy atom. The van der Waals surface area contributed by atoms with Gasteiger partial charge >= 0.3 is 0 Å². The molecule has 1 saturated heterocycles. The third-order valence-corrected chi connectivity index (χ3v) is 4.41. The molecule has 0 aliphatic carbocycles. The molecule has 0 radical (unpaired) electrons. The van der Waals surface area contributed by atoms with Crippen LogP contribution >= 0.6 is 0 Å². The number of hydrogen-bond donors (Lipinski definition) is 2. The lowest BCUT2D eigenvalue weighted by atomic mass is 9.96. The molecular formula is C19H30N2O. The number of benzene rings is 1. The van der Waals surface area contributed by atoms with E-state index in [1.165, 1.54) is 18.4 Å². The van der Waals surface area contributed by atoms with Crippen molar-refractivity contribution in [2.75, 3.05) is 32.7 Å². The van der Waals surface area contributed by atoms with Crippen molar-refractivity contribution in [1.82, 2.24) is 10.2 Å². The van der Waals surface area contributed by atoms with Crippen molar-refractivity contribution >= 4 is 0 Å². The van der Waals surface area contributed by atoms with Crippen LogP contribution in [0, 0.1) is 5.92 Å². The molecule has 0 spiro atoms. The molecule has 22 heavy (non-hydrogen) atoms. The summed E-state index contributed by atoms with van der Waals surface area (Å²) >= 11 is 0. The van der Waals surface area contributed by atoms with Crippen molar-refractivity contribution in [3.8, 4) is 0 Å². The number of nitrogens with zero attached hydrogens (tertiary/aromatic N) is 1. The molecule has 1 fully saturated rings. The summed E-state index contributed by atoms with van der Waals surface area (Å²) < 4.78 is 0. The monoisotopic (exact) mass is 302 g/mol. The van der Waals surface area contributed by atoms with Crippen LogP contribution in [0.3, 0.4) is 0 Å². The summed E-state index contributed by atoms with van der Waals surface area (Å²) in [5.74, 6) is 0.774. The van der Waals surface area contributed by atoms with Gasteiger partial charge in [0.15, 0.2) is 0 Å². The van der Waals surface area contributed by atoms with E-state index in [0.29, 0.717) is 0 Å². The quantitative estimate of drug-likeness (QED) is 0.600. The van der Waals surface area contributed by atoms with E-state index in [1.54, 1.807) is 0 Å². The number of allylic oxidation sites excluding steroid dienone is 1. The number of nitrogens with one attached hydrogen (secondary N) is 1. The second-order valence-corrected chi connectivity index (χ2v) is 6.61. The van der Waals surface area contributed by atoms with E-state index in [1.807, 2.05) is 30.3 Å². The molecule has 1 aliphatic heterocycles. The van der Waals surface area contributed by atoms with E-state index in [-0.39, 0.29) is 6.10 Å². The maximum absolute atomic E-state index is 10.3. The lowest BCUT2D eigenvalue weighted by Gasteiger charge is -2.33. The Labute approximate surface area is 135 Å². The van der Waals surface area contributed by atoms with Gasteiger partial charge in [-0.25, -0.2) is 0 Å². The van der Waals surface area contributed by atoms with E-state index in [0.717, 1.165) is 44.2 Å².